The number of carbonyl (C=O) groups is 1. The van der Waals surface area contributed by atoms with E-state index in [1.807, 2.05) is 0 Å². The number of aryl methyl sites for hydroxylation is 1. The van der Waals surface area contributed by atoms with E-state index >= 15 is 4.39 Å². The van der Waals surface area contributed by atoms with Crippen LogP contribution in [0.4, 0.5) is 8.78 Å². The minimum Gasteiger partial charge on any atom is -0.506 e. The summed E-state index contributed by atoms with van der Waals surface area (Å²) in [5.74, 6) is -3.98. The molecule has 2 heterocycles. The quantitative estimate of drug-likeness (QED) is 0.539. The van der Waals surface area contributed by atoms with Gasteiger partial charge in [0, 0.05) is 17.0 Å². The summed E-state index contributed by atoms with van der Waals surface area (Å²) in [7, 11) is 0. The molecule has 0 aliphatic rings. The molecule has 5 nitrogen and oxygen atoms in total. The number of aromatic carboxylic acids is 1. The summed E-state index contributed by atoms with van der Waals surface area (Å²) >= 11 is 0. The molecule has 0 fully saturated rings. The number of halogens is 2. The summed E-state index contributed by atoms with van der Waals surface area (Å²) < 4.78 is 30.1. The molecule has 7 heteroatoms. The van der Waals surface area contributed by atoms with E-state index in [9.17, 15) is 19.4 Å². The molecular formula is C21H14F2N2O3. The van der Waals surface area contributed by atoms with Crippen LogP contribution in [0.2, 0.25) is 0 Å². The van der Waals surface area contributed by atoms with E-state index < -0.39 is 28.9 Å². The van der Waals surface area contributed by atoms with Crippen molar-refractivity contribution in [2.75, 3.05) is 0 Å². The Bertz CT molecular complexity index is 1270. The van der Waals surface area contributed by atoms with Crippen molar-refractivity contribution in [1.82, 2.24) is 9.97 Å². The summed E-state index contributed by atoms with van der Waals surface area (Å²) in [5.41, 5.74) is -0.0191. The van der Waals surface area contributed by atoms with Crippen LogP contribution < -0.4 is 0 Å². The van der Waals surface area contributed by atoms with E-state index in [4.69, 9.17) is 0 Å². The van der Waals surface area contributed by atoms with Crippen LogP contribution in [0, 0.1) is 11.6 Å². The number of rotatable bonds is 3. The molecule has 0 aliphatic heterocycles. The highest BCUT2D eigenvalue weighted by atomic mass is 19.1. The molecule has 0 radical (unpaired) electrons. The fraction of sp³-hybridized carbons (Fsp3) is 0.0952. The van der Waals surface area contributed by atoms with Crippen molar-refractivity contribution in [2.45, 2.75) is 13.3 Å². The Morgan fingerprint density at radius 1 is 1.18 bits per heavy atom. The van der Waals surface area contributed by atoms with Gasteiger partial charge in [-0.15, -0.1) is 0 Å². The largest absolute Gasteiger partial charge is 0.506 e. The van der Waals surface area contributed by atoms with Crippen LogP contribution in [0.3, 0.4) is 0 Å². The van der Waals surface area contributed by atoms with E-state index in [1.54, 1.807) is 43.5 Å². The Morgan fingerprint density at radius 3 is 2.68 bits per heavy atom. The molecule has 0 aliphatic carbocycles. The first-order valence-electron chi connectivity index (χ1n) is 8.54. The number of hydrogen-bond acceptors (Lipinski definition) is 4. The molecule has 2 aromatic heterocycles. The number of carboxylic acid groups (broad SMARTS) is 1. The smallest absolute Gasteiger partial charge is 0.341 e. The predicted octanol–water partition coefficient (Wildman–Crippen LogP) is 4.69. The second kappa shape index (κ2) is 6.53. The van der Waals surface area contributed by atoms with Gasteiger partial charge in [-0.25, -0.2) is 18.6 Å². The van der Waals surface area contributed by atoms with Crippen molar-refractivity contribution in [3.63, 3.8) is 0 Å². The van der Waals surface area contributed by atoms with Crippen LogP contribution in [0.5, 0.6) is 5.75 Å². The number of hydrogen-bond donors (Lipinski definition) is 2. The van der Waals surface area contributed by atoms with Crippen LogP contribution in [-0.2, 0) is 6.42 Å². The highest BCUT2D eigenvalue weighted by Crippen LogP contribution is 2.37. The average Bonchev–Trinajstić information content (AvgIpc) is 2.68. The predicted molar refractivity (Wildman–Crippen MR) is 100 cm³/mol. The Balaban J connectivity index is 2.04. The first kappa shape index (κ1) is 17.8. The van der Waals surface area contributed by atoms with Crippen LogP contribution in [0.1, 0.15) is 23.0 Å². The Morgan fingerprint density at radius 2 is 1.96 bits per heavy atom. The number of benzene rings is 2. The number of aromatic hydroxyl groups is 1. The normalized spacial score (nSPS) is 11.2. The molecule has 0 amide bonds. The molecule has 0 atom stereocenters. The third-order valence-electron chi connectivity index (χ3n) is 4.66. The molecule has 2 aromatic carbocycles. The molecule has 4 rings (SSSR count). The number of carboxylic acids is 1. The molecule has 2 N–H and O–H groups in total. The lowest BCUT2D eigenvalue weighted by Crippen LogP contribution is -2.07. The van der Waals surface area contributed by atoms with Gasteiger partial charge >= 0.3 is 5.97 Å². The van der Waals surface area contributed by atoms with Gasteiger partial charge in [0.25, 0.3) is 0 Å². The third kappa shape index (κ3) is 2.63. The Hall–Kier alpha value is -3.61. The van der Waals surface area contributed by atoms with Gasteiger partial charge in [-0.05, 0) is 36.2 Å². The minimum absolute atomic E-state index is 0.0247. The lowest BCUT2D eigenvalue weighted by Gasteiger charge is -2.13. The summed E-state index contributed by atoms with van der Waals surface area (Å²) in [5, 5.41) is 20.1. The van der Waals surface area contributed by atoms with E-state index in [2.05, 4.69) is 9.97 Å². The zero-order valence-electron chi connectivity index (χ0n) is 14.7. The molecule has 0 spiro atoms. The summed E-state index contributed by atoms with van der Waals surface area (Å²) in [6, 6.07) is 9.23. The maximum Gasteiger partial charge on any atom is 0.341 e. The van der Waals surface area contributed by atoms with E-state index in [-0.39, 0.29) is 28.6 Å². The van der Waals surface area contributed by atoms with Crippen molar-refractivity contribution >= 4 is 27.8 Å². The van der Waals surface area contributed by atoms with Gasteiger partial charge in [-0.3, -0.25) is 4.98 Å². The molecule has 0 bridgehead atoms. The Kier molecular flexibility index (Phi) is 4.15. The Labute approximate surface area is 157 Å². The molecule has 140 valence electrons. The standard InChI is InChI=1S/C21H14F2N2O3/c1-2-14-17(21(27)28)20(26)12-9-13(22)16(18(23)19(12)25-14)11-5-6-15-10(8-11)4-3-7-24-15/h3-9H,2H2,1H3,(H,25,26)(H,27,28). The lowest BCUT2D eigenvalue weighted by molar-refractivity contribution is 0.0692. The third-order valence-corrected chi connectivity index (χ3v) is 4.66. The number of fused-ring (bicyclic) bond motifs is 2. The van der Waals surface area contributed by atoms with Gasteiger partial charge in [-0.1, -0.05) is 19.1 Å². The van der Waals surface area contributed by atoms with Crippen LogP contribution in [-0.4, -0.2) is 26.2 Å². The number of aromatic nitrogens is 2. The van der Waals surface area contributed by atoms with E-state index in [0.717, 1.165) is 6.07 Å². The van der Waals surface area contributed by atoms with E-state index in [1.165, 1.54) is 0 Å². The second-order valence-corrected chi connectivity index (χ2v) is 6.30. The minimum atomic E-state index is -1.41. The summed E-state index contributed by atoms with van der Waals surface area (Å²) in [6.45, 7) is 1.64. The van der Waals surface area contributed by atoms with E-state index in [0.29, 0.717) is 16.5 Å². The second-order valence-electron chi connectivity index (χ2n) is 6.30. The molecule has 0 unspecified atom stereocenters. The molecule has 0 saturated heterocycles. The topological polar surface area (TPSA) is 83.3 Å². The van der Waals surface area contributed by atoms with Gasteiger partial charge in [-0.2, -0.15) is 0 Å². The fourth-order valence-electron chi connectivity index (χ4n) is 3.34. The van der Waals surface area contributed by atoms with Crippen LogP contribution >= 0.6 is 0 Å². The first-order valence-corrected chi connectivity index (χ1v) is 8.54. The van der Waals surface area contributed by atoms with Crippen molar-refractivity contribution in [3.05, 3.63) is 65.5 Å². The van der Waals surface area contributed by atoms with Gasteiger partial charge < -0.3 is 10.2 Å². The molecule has 4 aromatic rings. The average molecular weight is 380 g/mol. The van der Waals surface area contributed by atoms with Gasteiger partial charge in [0.15, 0.2) is 5.82 Å². The number of nitrogens with zero attached hydrogens (tertiary/aromatic N) is 2. The molecule has 0 saturated carbocycles. The summed E-state index contributed by atoms with van der Waals surface area (Å²) in [4.78, 5) is 19.7. The van der Waals surface area contributed by atoms with Crippen LogP contribution in [0.15, 0.2) is 42.6 Å². The monoisotopic (exact) mass is 380 g/mol. The summed E-state index contributed by atoms with van der Waals surface area (Å²) in [6.07, 6.45) is 1.79. The number of pyridine rings is 2. The molecular weight excluding hydrogens is 366 g/mol. The zero-order chi connectivity index (χ0) is 20.0. The fourth-order valence-corrected chi connectivity index (χ4v) is 3.34. The maximum absolute atomic E-state index is 15.3. The highest BCUT2D eigenvalue weighted by Gasteiger charge is 2.24. The lowest BCUT2D eigenvalue weighted by atomic mass is 9.98. The first-order chi connectivity index (χ1) is 13.4. The van der Waals surface area contributed by atoms with Gasteiger partial charge in [0.1, 0.15) is 22.6 Å². The van der Waals surface area contributed by atoms with Crippen LogP contribution in [0.25, 0.3) is 32.9 Å². The van der Waals surface area contributed by atoms with Crippen molar-refractivity contribution in [3.8, 4) is 16.9 Å². The van der Waals surface area contributed by atoms with Gasteiger partial charge in [0.05, 0.1) is 16.8 Å². The SMILES string of the molecule is CCc1nc2c(F)c(-c3ccc4ncccc4c3)c(F)cc2c(O)c1C(=O)O. The highest BCUT2D eigenvalue weighted by molar-refractivity contribution is 6.01. The zero-order valence-corrected chi connectivity index (χ0v) is 14.7. The van der Waals surface area contributed by atoms with Crippen molar-refractivity contribution in [2.24, 2.45) is 0 Å². The van der Waals surface area contributed by atoms with Crippen molar-refractivity contribution < 1.29 is 23.8 Å². The molecule has 28 heavy (non-hydrogen) atoms. The van der Waals surface area contributed by atoms with Crippen molar-refractivity contribution in [1.29, 1.82) is 0 Å². The van der Waals surface area contributed by atoms with Gasteiger partial charge in [0.2, 0.25) is 0 Å². The maximum atomic E-state index is 15.3.